The van der Waals surface area contributed by atoms with Crippen molar-refractivity contribution in [1.82, 2.24) is 15.0 Å². The topological polar surface area (TPSA) is 99.0 Å². The van der Waals surface area contributed by atoms with Crippen molar-refractivity contribution < 1.29 is 23.5 Å². The number of hydrogen-bond donors (Lipinski definition) is 1. The summed E-state index contributed by atoms with van der Waals surface area (Å²) in [5.74, 6) is 1.69. The number of rotatable bonds is 6. The lowest BCUT2D eigenvalue weighted by Crippen LogP contribution is -2.42. The molecule has 2 aromatic rings. The number of likely N-dealkylation sites (tertiary alicyclic amines) is 1. The normalized spacial score (nSPS) is 14.7. The quantitative estimate of drug-likeness (QED) is 0.822. The van der Waals surface area contributed by atoms with Crippen LogP contribution >= 0.6 is 0 Å². The molecule has 9 nitrogen and oxygen atoms in total. The van der Waals surface area contributed by atoms with Gasteiger partial charge in [-0.2, -0.15) is 4.98 Å². The van der Waals surface area contributed by atoms with E-state index in [2.05, 4.69) is 15.5 Å². The Morgan fingerprint density at radius 3 is 2.67 bits per heavy atom. The van der Waals surface area contributed by atoms with Crippen molar-refractivity contribution >= 4 is 12.1 Å². The summed E-state index contributed by atoms with van der Waals surface area (Å²) >= 11 is 0. The van der Waals surface area contributed by atoms with Gasteiger partial charge in [-0.25, -0.2) is 4.79 Å². The van der Waals surface area contributed by atoms with E-state index >= 15 is 0 Å². The standard InChI is InChI=1S/C18H24N4O5/c1-4-26-18(23)22-9-7-13(8-10-22)19-17-20-16(21-27-17)12-5-6-14(24-2)15(11-12)25-3/h5-6,11,13H,4,7-10H2,1-3H3,(H,19,20,21). The lowest BCUT2D eigenvalue weighted by Gasteiger charge is -2.31. The Bertz CT molecular complexity index is 771. The monoisotopic (exact) mass is 376 g/mol. The number of nitrogens with one attached hydrogen (secondary N) is 1. The number of ether oxygens (including phenoxy) is 3. The van der Waals surface area contributed by atoms with Crippen LogP contribution in [0.25, 0.3) is 11.4 Å². The predicted octanol–water partition coefficient (Wildman–Crippen LogP) is 2.79. The largest absolute Gasteiger partial charge is 0.493 e. The van der Waals surface area contributed by atoms with Crippen LogP contribution in [0, 0.1) is 0 Å². The van der Waals surface area contributed by atoms with Gasteiger partial charge in [-0.05, 0) is 38.0 Å². The molecular weight excluding hydrogens is 352 g/mol. The van der Waals surface area contributed by atoms with Crippen LogP contribution in [0.15, 0.2) is 22.7 Å². The lowest BCUT2D eigenvalue weighted by molar-refractivity contribution is 0.0982. The third kappa shape index (κ3) is 4.42. The molecule has 0 radical (unpaired) electrons. The Hall–Kier alpha value is -2.97. The van der Waals surface area contributed by atoms with Gasteiger partial charge in [0.25, 0.3) is 0 Å². The van der Waals surface area contributed by atoms with E-state index in [0.717, 1.165) is 18.4 Å². The first-order valence-corrected chi connectivity index (χ1v) is 8.89. The van der Waals surface area contributed by atoms with Gasteiger partial charge in [-0.3, -0.25) is 0 Å². The summed E-state index contributed by atoms with van der Waals surface area (Å²) in [6, 6.07) is 5.95. The van der Waals surface area contributed by atoms with Crippen molar-refractivity contribution in [2.75, 3.05) is 39.2 Å². The molecule has 1 aliphatic heterocycles. The van der Waals surface area contributed by atoms with Gasteiger partial charge in [0.05, 0.1) is 20.8 Å². The van der Waals surface area contributed by atoms with Gasteiger partial charge in [-0.1, -0.05) is 5.16 Å². The Labute approximate surface area is 157 Å². The van der Waals surface area contributed by atoms with Gasteiger partial charge < -0.3 is 29.0 Å². The smallest absolute Gasteiger partial charge is 0.409 e. The summed E-state index contributed by atoms with van der Waals surface area (Å²) in [6.45, 7) is 3.45. The molecule has 9 heteroatoms. The Kier molecular flexibility index (Phi) is 6.00. The molecule has 0 saturated carbocycles. The highest BCUT2D eigenvalue weighted by Crippen LogP contribution is 2.31. The van der Waals surface area contributed by atoms with Crippen molar-refractivity contribution in [3.8, 4) is 22.9 Å². The highest BCUT2D eigenvalue weighted by Gasteiger charge is 2.24. The fourth-order valence-electron chi connectivity index (χ4n) is 2.97. The molecule has 0 atom stereocenters. The van der Waals surface area contributed by atoms with Crippen LogP contribution in [-0.2, 0) is 4.74 Å². The number of nitrogens with zero attached hydrogens (tertiary/aromatic N) is 3. The number of carbonyl (C=O) groups is 1. The molecule has 1 amide bonds. The SMILES string of the molecule is CCOC(=O)N1CCC(Nc2nc(-c3ccc(OC)c(OC)c3)no2)CC1. The molecule has 146 valence electrons. The van der Waals surface area contributed by atoms with Crippen LogP contribution in [0.4, 0.5) is 10.8 Å². The Morgan fingerprint density at radius 2 is 2.00 bits per heavy atom. The highest BCUT2D eigenvalue weighted by atomic mass is 16.6. The molecule has 27 heavy (non-hydrogen) atoms. The minimum Gasteiger partial charge on any atom is -0.493 e. The zero-order valence-corrected chi connectivity index (χ0v) is 15.7. The minimum absolute atomic E-state index is 0.161. The van der Waals surface area contributed by atoms with E-state index in [9.17, 15) is 4.79 Å². The zero-order chi connectivity index (χ0) is 19.2. The lowest BCUT2D eigenvalue weighted by atomic mass is 10.1. The maximum absolute atomic E-state index is 11.7. The van der Waals surface area contributed by atoms with Gasteiger partial charge in [-0.15, -0.1) is 0 Å². The molecule has 1 fully saturated rings. The second kappa shape index (κ2) is 8.61. The van der Waals surface area contributed by atoms with Gasteiger partial charge in [0, 0.05) is 24.7 Å². The van der Waals surface area contributed by atoms with Crippen molar-refractivity contribution in [2.24, 2.45) is 0 Å². The second-order valence-corrected chi connectivity index (χ2v) is 6.10. The average Bonchev–Trinajstić information content (AvgIpc) is 3.16. The van der Waals surface area contributed by atoms with Crippen molar-refractivity contribution in [1.29, 1.82) is 0 Å². The maximum Gasteiger partial charge on any atom is 0.409 e. The molecule has 1 saturated heterocycles. The highest BCUT2D eigenvalue weighted by molar-refractivity contribution is 5.67. The van der Waals surface area contributed by atoms with E-state index in [-0.39, 0.29) is 12.1 Å². The van der Waals surface area contributed by atoms with Crippen LogP contribution in [-0.4, -0.2) is 61.1 Å². The van der Waals surface area contributed by atoms with E-state index < -0.39 is 0 Å². The minimum atomic E-state index is -0.260. The number of benzene rings is 1. The summed E-state index contributed by atoms with van der Waals surface area (Å²) < 4.78 is 20.9. The van der Waals surface area contributed by atoms with E-state index in [1.165, 1.54) is 0 Å². The number of amides is 1. The van der Waals surface area contributed by atoms with Gasteiger partial charge in [0.1, 0.15) is 0 Å². The molecule has 1 aromatic heterocycles. The average molecular weight is 376 g/mol. The molecule has 1 N–H and O–H groups in total. The van der Waals surface area contributed by atoms with E-state index in [1.54, 1.807) is 38.2 Å². The third-order valence-corrected chi connectivity index (χ3v) is 4.42. The summed E-state index contributed by atoms with van der Waals surface area (Å²) in [5, 5.41) is 7.26. The first-order chi connectivity index (χ1) is 13.1. The van der Waals surface area contributed by atoms with Crippen LogP contribution in [0.3, 0.4) is 0 Å². The van der Waals surface area contributed by atoms with Crippen molar-refractivity contribution in [2.45, 2.75) is 25.8 Å². The predicted molar refractivity (Wildman–Crippen MR) is 98.1 cm³/mol. The number of anilines is 1. The number of piperidine rings is 1. The molecule has 0 spiro atoms. The summed E-state index contributed by atoms with van der Waals surface area (Å²) in [7, 11) is 3.16. The summed E-state index contributed by atoms with van der Waals surface area (Å²) in [6.07, 6.45) is 1.31. The molecule has 0 unspecified atom stereocenters. The molecule has 1 aliphatic rings. The molecule has 2 heterocycles. The molecule has 0 aliphatic carbocycles. The van der Waals surface area contributed by atoms with Crippen LogP contribution in [0.5, 0.6) is 11.5 Å². The molecular formula is C18H24N4O5. The molecule has 3 rings (SSSR count). The number of hydrogen-bond acceptors (Lipinski definition) is 8. The van der Waals surface area contributed by atoms with Crippen LogP contribution in [0.1, 0.15) is 19.8 Å². The zero-order valence-electron chi connectivity index (χ0n) is 15.7. The number of carbonyl (C=O) groups excluding carboxylic acids is 1. The first kappa shape index (κ1) is 18.8. The van der Waals surface area contributed by atoms with Crippen molar-refractivity contribution in [3.63, 3.8) is 0 Å². The summed E-state index contributed by atoms with van der Waals surface area (Å²) in [5.41, 5.74) is 0.765. The Morgan fingerprint density at radius 1 is 1.26 bits per heavy atom. The molecule has 0 bridgehead atoms. The van der Waals surface area contributed by atoms with E-state index in [0.29, 0.717) is 43.0 Å². The first-order valence-electron chi connectivity index (χ1n) is 8.89. The maximum atomic E-state index is 11.7. The molecule has 1 aromatic carbocycles. The number of aromatic nitrogens is 2. The second-order valence-electron chi connectivity index (χ2n) is 6.10. The van der Waals surface area contributed by atoms with E-state index in [1.807, 2.05) is 6.07 Å². The van der Waals surface area contributed by atoms with Gasteiger partial charge >= 0.3 is 12.1 Å². The Balaban J connectivity index is 1.60. The van der Waals surface area contributed by atoms with E-state index in [4.69, 9.17) is 18.7 Å². The fourth-order valence-corrected chi connectivity index (χ4v) is 2.97. The third-order valence-electron chi connectivity index (χ3n) is 4.42. The number of methoxy groups -OCH3 is 2. The van der Waals surface area contributed by atoms with Crippen LogP contribution < -0.4 is 14.8 Å². The van der Waals surface area contributed by atoms with Gasteiger partial charge in [0.15, 0.2) is 11.5 Å². The summed E-state index contributed by atoms with van der Waals surface area (Å²) in [4.78, 5) is 17.9. The van der Waals surface area contributed by atoms with Gasteiger partial charge in [0.2, 0.25) is 5.82 Å². The van der Waals surface area contributed by atoms with Crippen LogP contribution in [0.2, 0.25) is 0 Å². The fraction of sp³-hybridized carbons (Fsp3) is 0.500. The van der Waals surface area contributed by atoms with Crippen molar-refractivity contribution in [3.05, 3.63) is 18.2 Å².